The monoisotopic (exact) mass is 411 g/mol. The number of pyridine rings is 1. The minimum absolute atomic E-state index is 0.0431. The molecule has 0 aliphatic carbocycles. The Kier molecular flexibility index (Phi) is 4.72. The molecule has 1 aromatic rings. The molecule has 0 aromatic carbocycles. The molecule has 1 N–H and O–H groups in total. The summed E-state index contributed by atoms with van der Waals surface area (Å²) in [7, 11) is 0. The van der Waals surface area contributed by atoms with Crippen molar-refractivity contribution in [2.75, 3.05) is 12.0 Å². The number of carbonyl (C=O) groups excluding carboxylic acids is 2. The predicted octanol–water partition coefficient (Wildman–Crippen LogP) is 3.59. The van der Waals surface area contributed by atoms with E-state index in [1.54, 1.807) is 0 Å². The Morgan fingerprint density at radius 3 is 2.48 bits per heavy atom. The lowest BCUT2D eigenvalue weighted by molar-refractivity contribution is -0.137. The van der Waals surface area contributed by atoms with Gasteiger partial charge in [-0.25, -0.2) is 9.99 Å². The second-order valence-corrected chi connectivity index (χ2v) is 6.04. The zero-order valence-electron chi connectivity index (χ0n) is 11.9. The molecule has 10 heteroatoms. The van der Waals surface area contributed by atoms with Crippen molar-refractivity contribution in [3.05, 3.63) is 32.4 Å². The molecular weight excluding hydrogens is 403 g/mol. The molecule has 2 heterocycles. The summed E-state index contributed by atoms with van der Waals surface area (Å²) in [6.45, 7) is 2.77. The number of nitrogens with zero attached hydrogens (tertiary/aromatic N) is 2. The van der Waals surface area contributed by atoms with Gasteiger partial charge in [0.1, 0.15) is 11.7 Å². The Hall–Kier alpha value is -1.61. The van der Waals surface area contributed by atoms with Gasteiger partial charge in [-0.15, -0.1) is 0 Å². The fraction of sp³-hybridized carbons (Fsp3) is 0.308. The third kappa shape index (κ3) is 3.50. The first-order valence-electron chi connectivity index (χ1n) is 6.24. The van der Waals surface area contributed by atoms with Crippen LogP contribution in [-0.4, -0.2) is 28.2 Å². The molecule has 124 valence electrons. The Morgan fingerprint density at radius 1 is 1.30 bits per heavy atom. The van der Waals surface area contributed by atoms with Crippen molar-refractivity contribution in [1.29, 1.82) is 0 Å². The zero-order chi connectivity index (χ0) is 17.5. The maximum absolute atomic E-state index is 12.7. The molecule has 1 aliphatic heterocycles. The first-order valence-corrected chi connectivity index (χ1v) is 7.42. The largest absolute Gasteiger partial charge is 0.419 e. The number of halogens is 5. The molecule has 1 aliphatic rings. The van der Waals surface area contributed by atoms with E-state index in [9.17, 15) is 22.8 Å². The van der Waals surface area contributed by atoms with Gasteiger partial charge in [-0.3, -0.25) is 15.0 Å². The van der Waals surface area contributed by atoms with Gasteiger partial charge in [0.15, 0.2) is 11.6 Å². The van der Waals surface area contributed by atoms with E-state index in [0.717, 1.165) is 11.1 Å². The number of ketones is 1. The van der Waals surface area contributed by atoms with Gasteiger partial charge >= 0.3 is 6.18 Å². The number of anilines is 1. The number of amides is 1. The molecule has 1 amide bonds. The zero-order valence-corrected chi connectivity index (χ0v) is 14.2. The Bertz CT molecular complexity index is 734. The summed E-state index contributed by atoms with van der Waals surface area (Å²) >= 11 is 8.49. The second kappa shape index (κ2) is 6.12. The van der Waals surface area contributed by atoms with Crippen molar-refractivity contribution < 1.29 is 22.8 Å². The van der Waals surface area contributed by atoms with Crippen LogP contribution < -0.4 is 5.43 Å². The van der Waals surface area contributed by atoms with Gasteiger partial charge in [-0.05, 0) is 35.8 Å². The van der Waals surface area contributed by atoms with Crippen LogP contribution in [0.15, 0.2) is 21.7 Å². The fourth-order valence-corrected chi connectivity index (χ4v) is 2.52. The van der Waals surface area contributed by atoms with Crippen molar-refractivity contribution in [1.82, 2.24) is 9.99 Å². The molecule has 5 nitrogen and oxygen atoms in total. The summed E-state index contributed by atoms with van der Waals surface area (Å²) in [6, 6.07) is 0.752. The van der Waals surface area contributed by atoms with Crippen molar-refractivity contribution in [3.63, 3.8) is 0 Å². The maximum atomic E-state index is 12.7. The lowest BCUT2D eigenvalue weighted by Crippen LogP contribution is -2.45. The van der Waals surface area contributed by atoms with E-state index < -0.39 is 22.8 Å². The standard InChI is InChI=1S/C13H10BrClF3N3O2/c1-5-6(2)12(23)21(4-9(5)22)20-11-8(14)3-7(10(15)19-11)13(16,17)18/h3H,4H2,1-2H3,(H,19,20). The molecule has 0 saturated carbocycles. The predicted molar refractivity (Wildman–Crippen MR) is 80.7 cm³/mol. The van der Waals surface area contributed by atoms with Crippen LogP contribution in [-0.2, 0) is 15.8 Å². The Labute approximate surface area is 142 Å². The summed E-state index contributed by atoms with van der Waals surface area (Å²) in [5.74, 6) is -0.841. The number of hydrogen-bond acceptors (Lipinski definition) is 4. The first-order chi connectivity index (χ1) is 10.5. The molecule has 0 bridgehead atoms. The third-order valence-corrected chi connectivity index (χ3v) is 4.22. The number of aromatic nitrogens is 1. The number of hydrazine groups is 1. The summed E-state index contributed by atoms with van der Waals surface area (Å²) in [5.41, 5.74) is 2.02. The van der Waals surface area contributed by atoms with Crippen LogP contribution >= 0.6 is 27.5 Å². The van der Waals surface area contributed by atoms with E-state index in [2.05, 4.69) is 26.3 Å². The summed E-state index contributed by atoms with van der Waals surface area (Å²) in [6.07, 6.45) is -4.65. The van der Waals surface area contributed by atoms with E-state index in [4.69, 9.17) is 11.6 Å². The third-order valence-electron chi connectivity index (χ3n) is 3.32. The highest BCUT2D eigenvalue weighted by molar-refractivity contribution is 9.10. The maximum Gasteiger partial charge on any atom is 0.419 e. The summed E-state index contributed by atoms with van der Waals surface area (Å²) < 4.78 is 38.2. The molecule has 23 heavy (non-hydrogen) atoms. The Balaban J connectivity index is 2.34. The topological polar surface area (TPSA) is 62.3 Å². The molecule has 0 unspecified atom stereocenters. The van der Waals surface area contributed by atoms with E-state index in [-0.39, 0.29) is 28.2 Å². The van der Waals surface area contributed by atoms with Gasteiger partial charge < -0.3 is 0 Å². The number of rotatable bonds is 2. The van der Waals surface area contributed by atoms with E-state index in [1.165, 1.54) is 13.8 Å². The highest BCUT2D eigenvalue weighted by Crippen LogP contribution is 2.37. The quantitative estimate of drug-likeness (QED) is 0.754. The van der Waals surface area contributed by atoms with Crippen LogP contribution in [0.1, 0.15) is 19.4 Å². The number of hydrogen-bond donors (Lipinski definition) is 1. The van der Waals surface area contributed by atoms with Crippen molar-refractivity contribution in [3.8, 4) is 0 Å². The molecule has 0 atom stereocenters. The van der Waals surface area contributed by atoms with Crippen molar-refractivity contribution in [2.45, 2.75) is 20.0 Å². The number of alkyl halides is 3. The van der Waals surface area contributed by atoms with Crippen LogP contribution in [0.2, 0.25) is 5.15 Å². The highest BCUT2D eigenvalue weighted by Gasteiger charge is 2.35. The van der Waals surface area contributed by atoms with Crippen LogP contribution in [0.25, 0.3) is 0 Å². The molecule has 0 radical (unpaired) electrons. The van der Waals surface area contributed by atoms with Gasteiger partial charge in [0, 0.05) is 11.1 Å². The average molecular weight is 413 g/mol. The summed E-state index contributed by atoms with van der Waals surface area (Å²) in [4.78, 5) is 27.5. The van der Waals surface area contributed by atoms with Crippen LogP contribution in [0.3, 0.4) is 0 Å². The second-order valence-electron chi connectivity index (χ2n) is 4.83. The van der Waals surface area contributed by atoms with Gasteiger partial charge in [0.2, 0.25) is 0 Å². The smallest absolute Gasteiger partial charge is 0.292 e. The van der Waals surface area contributed by atoms with Gasteiger partial charge in [-0.2, -0.15) is 13.2 Å². The minimum Gasteiger partial charge on any atom is -0.292 e. The van der Waals surface area contributed by atoms with Crippen molar-refractivity contribution >= 4 is 45.0 Å². The number of carbonyl (C=O) groups is 2. The molecule has 2 rings (SSSR count). The van der Waals surface area contributed by atoms with Gasteiger partial charge in [0.05, 0.1) is 10.0 Å². The molecule has 0 saturated heterocycles. The summed E-state index contributed by atoms with van der Waals surface area (Å²) in [5, 5.41) is 0.212. The Morgan fingerprint density at radius 2 is 1.91 bits per heavy atom. The SMILES string of the molecule is CC1=C(C)C(=O)N(Nc2nc(Cl)c(C(F)(F)F)cc2Br)CC1=O. The molecule has 0 fully saturated rings. The minimum atomic E-state index is -4.65. The lowest BCUT2D eigenvalue weighted by Gasteiger charge is -2.28. The van der Waals surface area contributed by atoms with Crippen LogP contribution in [0, 0.1) is 0 Å². The molecular formula is C13H10BrClF3N3O2. The first kappa shape index (κ1) is 17.7. The molecule has 0 spiro atoms. The lowest BCUT2D eigenvalue weighted by atomic mass is 10.0. The fourth-order valence-electron chi connectivity index (χ4n) is 1.87. The van der Waals surface area contributed by atoms with Crippen LogP contribution in [0.5, 0.6) is 0 Å². The van der Waals surface area contributed by atoms with E-state index in [1.807, 2.05) is 0 Å². The van der Waals surface area contributed by atoms with E-state index >= 15 is 0 Å². The number of nitrogens with one attached hydrogen (secondary N) is 1. The van der Waals surface area contributed by atoms with E-state index in [0.29, 0.717) is 5.57 Å². The highest BCUT2D eigenvalue weighted by atomic mass is 79.9. The number of Topliss-reactive ketones (excluding diaryl/α,β-unsaturated/α-hetero) is 1. The normalized spacial score (nSPS) is 16.2. The van der Waals surface area contributed by atoms with Crippen molar-refractivity contribution in [2.24, 2.45) is 0 Å². The van der Waals surface area contributed by atoms with Gasteiger partial charge in [-0.1, -0.05) is 11.6 Å². The molecule has 1 aromatic heterocycles. The average Bonchev–Trinajstić information content (AvgIpc) is 2.44. The van der Waals surface area contributed by atoms with Gasteiger partial charge in [0.25, 0.3) is 5.91 Å². The van der Waals surface area contributed by atoms with Crippen LogP contribution in [0.4, 0.5) is 19.0 Å².